The van der Waals surface area contributed by atoms with Gasteiger partial charge in [-0.2, -0.15) is 0 Å². The van der Waals surface area contributed by atoms with Crippen molar-refractivity contribution in [3.05, 3.63) is 47.8 Å². The van der Waals surface area contributed by atoms with Gasteiger partial charge in [0.15, 0.2) is 0 Å². The van der Waals surface area contributed by atoms with Crippen LogP contribution in [-0.2, 0) is 0 Å². The molecule has 1 heteroatoms. The average Bonchev–Trinajstić information content (AvgIpc) is 2.53. The van der Waals surface area contributed by atoms with Crippen molar-refractivity contribution in [2.24, 2.45) is 0 Å². The summed E-state index contributed by atoms with van der Waals surface area (Å²) in [7, 11) is 0. The number of hydrogen-bond donors (Lipinski definition) is 1. The number of aromatic amines is 1. The molecule has 0 unspecified atom stereocenters. The highest BCUT2D eigenvalue weighted by Crippen LogP contribution is 2.22. The molecule has 1 N–H and O–H groups in total. The summed E-state index contributed by atoms with van der Waals surface area (Å²) in [6.07, 6.45) is 4.06. The second-order valence-corrected chi connectivity index (χ2v) is 3.42. The van der Waals surface area contributed by atoms with Crippen LogP contribution in [0.2, 0.25) is 0 Å². The molecule has 0 amide bonds. The molecule has 0 saturated carbocycles. The Kier molecular flexibility index (Phi) is 1.93. The fourth-order valence-electron chi connectivity index (χ4n) is 1.49. The molecule has 0 aliphatic carbocycles. The molecule has 0 saturated heterocycles. The lowest BCUT2D eigenvalue weighted by atomic mass is 10.0. The van der Waals surface area contributed by atoms with Crippen LogP contribution in [0.1, 0.15) is 11.1 Å². The number of rotatable bonds is 1. The molecule has 0 radical (unpaired) electrons. The third kappa shape index (κ3) is 1.50. The van der Waals surface area contributed by atoms with Gasteiger partial charge in [-0.25, -0.2) is 0 Å². The summed E-state index contributed by atoms with van der Waals surface area (Å²) < 4.78 is 0. The van der Waals surface area contributed by atoms with Gasteiger partial charge in [-0.15, -0.1) is 0 Å². The molecule has 1 aromatic heterocycles. The SMILES string of the molecule is Cc1ccc(-c2c[nH]cc2C)cc1. The average molecular weight is 171 g/mol. The zero-order chi connectivity index (χ0) is 9.26. The van der Waals surface area contributed by atoms with E-state index < -0.39 is 0 Å². The zero-order valence-electron chi connectivity index (χ0n) is 7.96. The molecule has 2 aromatic rings. The number of H-pyrrole nitrogens is 1. The molecular formula is C12H13N. The van der Waals surface area contributed by atoms with Crippen molar-refractivity contribution >= 4 is 0 Å². The predicted molar refractivity (Wildman–Crippen MR) is 55.7 cm³/mol. The van der Waals surface area contributed by atoms with Crippen molar-refractivity contribution in [3.63, 3.8) is 0 Å². The number of aryl methyl sites for hydroxylation is 2. The molecule has 0 aliphatic rings. The third-order valence-corrected chi connectivity index (χ3v) is 2.31. The Morgan fingerprint density at radius 3 is 2.15 bits per heavy atom. The summed E-state index contributed by atoms with van der Waals surface area (Å²) in [5, 5.41) is 0. The van der Waals surface area contributed by atoms with E-state index in [-0.39, 0.29) is 0 Å². The van der Waals surface area contributed by atoms with Crippen molar-refractivity contribution in [1.82, 2.24) is 4.98 Å². The van der Waals surface area contributed by atoms with Crippen LogP contribution < -0.4 is 0 Å². The fourth-order valence-corrected chi connectivity index (χ4v) is 1.49. The highest BCUT2D eigenvalue weighted by atomic mass is 14.6. The number of hydrogen-bond acceptors (Lipinski definition) is 0. The van der Waals surface area contributed by atoms with Gasteiger partial charge in [-0.1, -0.05) is 29.8 Å². The first-order chi connectivity index (χ1) is 6.27. The first-order valence-corrected chi connectivity index (χ1v) is 4.48. The van der Waals surface area contributed by atoms with E-state index in [9.17, 15) is 0 Å². The maximum Gasteiger partial charge on any atom is 0.00869 e. The van der Waals surface area contributed by atoms with E-state index >= 15 is 0 Å². The molecule has 0 fully saturated rings. The lowest BCUT2D eigenvalue weighted by Gasteiger charge is -2.00. The molecule has 0 atom stereocenters. The van der Waals surface area contributed by atoms with E-state index in [2.05, 4.69) is 43.1 Å². The molecule has 1 heterocycles. The van der Waals surface area contributed by atoms with Crippen LogP contribution in [-0.4, -0.2) is 4.98 Å². The number of aromatic nitrogens is 1. The molecule has 1 nitrogen and oxygen atoms in total. The maximum atomic E-state index is 3.11. The van der Waals surface area contributed by atoms with Crippen LogP contribution in [0.25, 0.3) is 11.1 Å². The van der Waals surface area contributed by atoms with Crippen LogP contribution >= 0.6 is 0 Å². The number of benzene rings is 1. The Labute approximate surface area is 78.4 Å². The lowest BCUT2D eigenvalue weighted by Crippen LogP contribution is -1.77. The summed E-state index contributed by atoms with van der Waals surface area (Å²) in [4.78, 5) is 3.11. The van der Waals surface area contributed by atoms with Gasteiger partial charge in [-0.05, 0) is 25.0 Å². The Hall–Kier alpha value is -1.50. The van der Waals surface area contributed by atoms with Crippen molar-refractivity contribution in [1.29, 1.82) is 0 Å². The second-order valence-electron chi connectivity index (χ2n) is 3.42. The molecule has 0 bridgehead atoms. The van der Waals surface area contributed by atoms with Crippen LogP contribution in [0.4, 0.5) is 0 Å². The highest BCUT2D eigenvalue weighted by Gasteiger charge is 2.00. The van der Waals surface area contributed by atoms with Gasteiger partial charge in [0.05, 0.1) is 0 Å². The van der Waals surface area contributed by atoms with E-state index in [1.54, 1.807) is 0 Å². The Morgan fingerprint density at radius 1 is 0.923 bits per heavy atom. The Bertz CT molecular complexity index is 395. The molecular weight excluding hydrogens is 158 g/mol. The predicted octanol–water partition coefficient (Wildman–Crippen LogP) is 3.30. The van der Waals surface area contributed by atoms with Crippen molar-refractivity contribution in [2.75, 3.05) is 0 Å². The molecule has 2 rings (SSSR count). The molecule has 66 valence electrons. The normalized spacial score (nSPS) is 10.3. The van der Waals surface area contributed by atoms with E-state index in [4.69, 9.17) is 0 Å². The van der Waals surface area contributed by atoms with Crippen LogP contribution in [0, 0.1) is 13.8 Å². The Balaban J connectivity index is 2.47. The summed E-state index contributed by atoms with van der Waals surface area (Å²) in [5.74, 6) is 0. The number of nitrogens with one attached hydrogen (secondary N) is 1. The summed E-state index contributed by atoms with van der Waals surface area (Å²) in [6.45, 7) is 4.22. The Morgan fingerprint density at radius 2 is 1.62 bits per heavy atom. The molecule has 0 spiro atoms. The highest BCUT2D eigenvalue weighted by molar-refractivity contribution is 5.66. The van der Waals surface area contributed by atoms with Gasteiger partial charge < -0.3 is 4.98 Å². The quantitative estimate of drug-likeness (QED) is 0.677. The second kappa shape index (κ2) is 3.09. The van der Waals surface area contributed by atoms with Crippen LogP contribution in [0.3, 0.4) is 0 Å². The van der Waals surface area contributed by atoms with Gasteiger partial charge in [0.2, 0.25) is 0 Å². The van der Waals surface area contributed by atoms with E-state index in [1.807, 2.05) is 12.4 Å². The third-order valence-electron chi connectivity index (χ3n) is 2.31. The molecule has 0 aliphatic heterocycles. The first kappa shape index (κ1) is 8.11. The smallest absolute Gasteiger partial charge is 0.00869 e. The summed E-state index contributed by atoms with van der Waals surface area (Å²) in [5.41, 5.74) is 5.17. The minimum absolute atomic E-state index is 1.28. The summed E-state index contributed by atoms with van der Waals surface area (Å²) in [6, 6.07) is 8.60. The topological polar surface area (TPSA) is 15.8 Å². The van der Waals surface area contributed by atoms with Gasteiger partial charge >= 0.3 is 0 Å². The van der Waals surface area contributed by atoms with Gasteiger partial charge in [-0.3, -0.25) is 0 Å². The monoisotopic (exact) mass is 171 g/mol. The minimum atomic E-state index is 1.28. The van der Waals surface area contributed by atoms with Crippen molar-refractivity contribution < 1.29 is 0 Å². The zero-order valence-corrected chi connectivity index (χ0v) is 7.96. The van der Waals surface area contributed by atoms with Crippen LogP contribution in [0.5, 0.6) is 0 Å². The van der Waals surface area contributed by atoms with E-state index in [0.717, 1.165) is 0 Å². The van der Waals surface area contributed by atoms with Gasteiger partial charge in [0, 0.05) is 18.0 Å². The largest absolute Gasteiger partial charge is 0.367 e. The molecule has 1 aromatic carbocycles. The van der Waals surface area contributed by atoms with Gasteiger partial charge in [0.25, 0.3) is 0 Å². The maximum absolute atomic E-state index is 3.11. The van der Waals surface area contributed by atoms with Crippen LogP contribution in [0.15, 0.2) is 36.7 Å². The standard InChI is InChI=1S/C12H13N/c1-9-3-5-11(6-4-9)12-8-13-7-10(12)2/h3-8,13H,1-2H3. The van der Waals surface area contributed by atoms with E-state index in [1.165, 1.54) is 22.3 Å². The first-order valence-electron chi connectivity index (χ1n) is 4.48. The van der Waals surface area contributed by atoms with Gasteiger partial charge in [0.1, 0.15) is 0 Å². The lowest BCUT2D eigenvalue weighted by molar-refractivity contribution is 1.39. The fraction of sp³-hybridized carbons (Fsp3) is 0.167. The van der Waals surface area contributed by atoms with E-state index in [0.29, 0.717) is 0 Å². The molecule has 13 heavy (non-hydrogen) atoms. The van der Waals surface area contributed by atoms with Crippen molar-refractivity contribution in [3.8, 4) is 11.1 Å². The summed E-state index contributed by atoms with van der Waals surface area (Å²) >= 11 is 0. The minimum Gasteiger partial charge on any atom is -0.367 e. The van der Waals surface area contributed by atoms with Crippen molar-refractivity contribution in [2.45, 2.75) is 13.8 Å².